The van der Waals surface area contributed by atoms with E-state index in [9.17, 15) is 23.7 Å². The summed E-state index contributed by atoms with van der Waals surface area (Å²) in [5, 5.41) is 2.57. The van der Waals surface area contributed by atoms with Crippen molar-refractivity contribution in [3.8, 4) is 5.75 Å². The molecule has 0 aliphatic carbocycles. The number of nitrogen functional groups attached to an aromatic ring is 1. The minimum Gasteiger partial charge on any atom is -0.464 e. The van der Waals surface area contributed by atoms with E-state index in [0.29, 0.717) is 17.6 Å². The lowest BCUT2D eigenvalue weighted by atomic mass is 9.99. The van der Waals surface area contributed by atoms with Crippen LogP contribution >= 0.6 is 7.60 Å². The van der Waals surface area contributed by atoms with Gasteiger partial charge in [0, 0.05) is 19.9 Å². The summed E-state index contributed by atoms with van der Waals surface area (Å²) in [6.45, 7) is 9.44. The Bertz CT molecular complexity index is 1710. The number of nitrogens with zero attached hydrogens (tertiary/aromatic N) is 4. The third-order valence-corrected chi connectivity index (χ3v) is 8.73. The van der Waals surface area contributed by atoms with Gasteiger partial charge in [0.1, 0.15) is 47.8 Å². The number of rotatable bonds is 20. The van der Waals surface area contributed by atoms with Gasteiger partial charge in [-0.2, -0.15) is 0 Å². The molecule has 18 nitrogen and oxygen atoms in total. The third kappa shape index (κ3) is 13.5. The summed E-state index contributed by atoms with van der Waals surface area (Å²) >= 11 is 0. The summed E-state index contributed by atoms with van der Waals surface area (Å²) < 4.78 is 53.2. The van der Waals surface area contributed by atoms with Crippen LogP contribution in [-0.2, 0) is 48.7 Å². The summed E-state index contributed by atoms with van der Waals surface area (Å²) in [5.74, 6) is -2.03. The van der Waals surface area contributed by atoms with E-state index in [2.05, 4.69) is 20.3 Å². The molecule has 3 atom stereocenters. The average molecular weight is 751 g/mol. The predicted octanol–water partition coefficient (Wildman–Crippen LogP) is 4.26. The molecule has 19 heteroatoms. The largest absolute Gasteiger partial charge is 0.464 e. The fourth-order valence-corrected chi connectivity index (χ4v) is 5.75. The summed E-state index contributed by atoms with van der Waals surface area (Å²) in [7, 11) is -3.95. The fourth-order valence-electron chi connectivity index (χ4n) is 4.41. The van der Waals surface area contributed by atoms with Gasteiger partial charge < -0.3 is 48.3 Å². The van der Waals surface area contributed by atoms with Crippen molar-refractivity contribution < 1.29 is 56.5 Å². The maximum atomic E-state index is 13.7. The number of amides is 1. The molecule has 1 amide bonds. The van der Waals surface area contributed by atoms with Crippen molar-refractivity contribution in [2.45, 2.75) is 72.6 Å². The number of nitrogens with one attached hydrogen (secondary N) is 1. The van der Waals surface area contributed by atoms with E-state index < -0.39 is 49.6 Å². The minimum absolute atomic E-state index is 0.0194. The molecule has 2 aromatic heterocycles. The molecule has 1 aromatic carbocycles. The first-order chi connectivity index (χ1) is 24.6. The Kier molecular flexibility index (Phi) is 15.9. The second kappa shape index (κ2) is 19.8. The number of alkyl carbamates (subject to hydrolysis) is 1. The molecule has 2 heterocycles. The first-order valence-corrected chi connectivity index (χ1v) is 18.3. The SMILES string of the molecule is CCC(C)[C@@H](NC(=O)OC(C)(C)C)C(=O)OCCCOP(=O)(COCCn1cnc2c(N)ncnc21)OCCOC(=O)c1ccccc1OC(C)=O. The minimum atomic E-state index is -3.95. The molecule has 2 unspecified atom stereocenters. The second-order valence-corrected chi connectivity index (χ2v) is 14.4. The Morgan fingerprint density at radius 3 is 2.42 bits per heavy atom. The van der Waals surface area contributed by atoms with Crippen LogP contribution in [-0.4, -0.2) is 94.5 Å². The van der Waals surface area contributed by atoms with E-state index in [4.69, 9.17) is 38.5 Å². The number of aromatic nitrogens is 4. The van der Waals surface area contributed by atoms with Crippen molar-refractivity contribution in [1.29, 1.82) is 0 Å². The van der Waals surface area contributed by atoms with E-state index in [-0.39, 0.29) is 69.0 Å². The molecule has 0 aliphatic rings. The maximum Gasteiger partial charge on any atom is 0.408 e. The average Bonchev–Trinajstić information content (AvgIpc) is 3.50. The topological polar surface area (TPSA) is 232 Å². The number of nitrogens with two attached hydrogens (primary N) is 1. The lowest BCUT2D eigenvalue weighted by Gasteiger charge is -2.25. The number of benzene rings is 1. The summed E-state index contributed by atoms with van der Waals surface area (Å²) in [4.78, 5) is 61.5. The standard InChI is InChI=1S/C33H47N6O12P/c1-7-22(2)26(38-32(43)51-33(4,5)6)31(42)46-14-10-15-48-52(44,21-45-16-13-39-20-37-27-28(34)35-19-36-29(27)39)49-18-17-47-30(41)24-11-8-9-12-25(24)50-23(3)40/h8-9,11-12,19-20,22,26H,7,10,13-18,21H2,1-6H3,(H,38,43)(H2,34,35,36)/t22?,26-,52?/m1/s1. The van der Waals surface area contributed by atoms with E-state index in [1.165, 1.54) is 31.7 Å². The monoisotopic (exact) mass is 750 g/mol. The Labute approximate surface area is 301 Å². The van der Waals surface area contributed by atoms with Crippen LogP contribution in [0.15, 0.2) is 36.9 Å². The van der Waals surface area contributed by atoms with Gasteiger partial charge in [-0.05, 0) is 38.8 Å². The molecule has 3 rings (SSSR count). The zero-order valence-corrected chi connectivity index (χ0v) is 31.1. The van der Waals surface area contributed by atoms with Crippen LogP contribution in [0.5, 0.6) is 5.75 Å². The zero-order chi connectivity index (χ0) is 38.3. The predicted molar refractivity (Wildman–Crippen MR) is 186 cm³/mol. The van der Waals surface area contributed by atoms with Crippen LogP contribution in [0.2, 0.25) is 0 Å². The highest BCUT2D eigenvalue weighted by atomic mass is 31.2. The molecule has 0 aliphatic heterocycles. The number of fused-ring (bicyclic) bond motifs is 1. The smallest absolute Gasteiger partial charge is 0.408 e. The quantitative estimate of drug-likeness (QED) is 0.0540. The number of esters is 3. The van der Waals surface area contributed by atoms with Gasteiger partial charge in [0.25, 0.3) is 0 Å². The first kappa shape index (κ1) is 41.8. The molecule has 0 saturated heterocycles. The van der Waals surface area contributed by atoms with Gasteiger partial charge in [-0.25, -0.2) is 29.3 Å². The first-order valence-electron chi connectivity index (χ1n) is 16.6. The molecule has 0 saturated carbocycles. The maximum absolute atomic E-state index is 13.7. The van der Waals surface area contributed by atoms with Gasteiger partial charge in [-0.1, -0.05) is 32.4 Å². The number of ether oxygens (including phenoxy) is 5. The molecule has 0 bridgehead atoms. The van der Waals surface area contributed by atoms with E-state index in [0.717, 1.165) is 0 Å². The Morgan fingerprint density at radius 2 is 1.71 bits per heavy atom. The summed E-state index contributed by atoms with van der Waals surface area (Å²) in [6, 6.07) is 5.10. The van der Waals surface area contributed by atoms with Crippen LogP contribution in [0, 0.1) is 5.92 Å². The lowest BCUT2D eigenvalue weighted by molar-refractivity contribution is -0.147. The van der Waals surface area contributed by atoms with Crippen LogP contribution in [0.3, 0.4) is 0 Å². The van der Waals surface area contributed by atoms with Crippen molar-refractivity contribution in [3.63, 3.8) is 0 Å². The molecule has 0 fully saturated rings. The van der Waals surface area contributed by atoms with Gasteiger partial charge in [-0.15, -0.1) is 0 Å². The third-order valence-electron chi connectivity index (χ3n) is 7.08. The number of anilines is 1. The van der Waals surface area contributed by atoms with Crippen LogP contribution in [0.1, 0.15) is 64.7 Å². The van der Waals surface area contributed by atoms with Crippen molar-refractivity contribution >= 4 is 48.6 Å². The van der Waals surface area contributed by atoms with Gasteiger partial charge in [0.2, 0.25) is 0 Å². The van der Waals surface area contributed by atoms with Gasteiger partial charge >= 0.3 is 31.6 Å². The van der Waals surface area contributed by atoms with Crippen LogP contribution in [0.25, 0.3) is 11.2 Å². The highest BCUT2D eigenvalue weighted by Crippen LogP contribution is 2.48. The molecule has 3 aromatic rings. The second-order valence-electron chi connectivity index (χ2n) is 12.4. The Balaban J connectivity index is 1.56. The Morgan fingerprint density at radius 1 is 0.981 bits per heavy atom. The fraction of sp³-hybridized carbons (Fsp3) is 0.545. The van der Waals surface area contributed by atoms with Gasteiger partial charge in [-0.3, -0.25) is 9.36 Å². The van der Waals surface area contributed by atoms with Crippen LogP contribution in [0.4, 0.5) is 10.6 Å². The molecular formula is C33H47N6O12P. The number of carbonyl (C=O) groups excluding carboxylic acids is 4. The number of hydrogen-bond donors (Lipinski definition) is 2. The van der Waals surface area contributed by atoms with E-state index >= 15 is 0 Å². The molecule has 52 heavy (non-hydrogen) atoms. The number of imidazole rings is 1. The Hall–Kier alpha value is -4.64. The van der Waals surface area contributed by atoms with E-state index in [1.807, 2.05) is 6.92 Å². The van der Waals surface area contributed by atoms with Crippen molar-refractivity contribution in [3.05, 3.63) is 42.5 Å². The number of para-hydroxylation sites is 1. The molecule has 3 N–H and O–H groups in total. The van der Waals surface area contributed by atoms with E-state index in [1.54, 1.807) is 44.4 Å². The van der Waals surface area contributed by atoms with Gasteiger partial charge in [0.05, 0.1) is 32.8 Å². The van der Waals surface area contributed by atoms with Crippen molar-refractivity contribution in [1.82, 2.24) is 24.8 Å². The molecule has 0 radical (unpaired) electrons. The number of hydrogen-bond acceptors (Lipinski definition) is 16. The van der Waals surface area contributed by atoms with Gasteiger partial charge in [0.15, 0.2) is 11.5 Å². The molecule has 0 spiro atoms. The summed E-state index contributed by atoms with van der Waals surface area (Å²) in [6.07, 6.45) is 2.35. The summed E-state index contributed by atoms with van der Waals surface area (Å²) in [5.41, 5.74) is 6.04. The van der Waals surface area contributed by atoms with Crippen molar-refractivity contribution in [2.24, 2.45) is 5.92 Å². The molecular weight excluding hydrogens is 703 g/mol. The molecule has 286 valence electrons. The van der Waals surface area contributed by atoms with Crippen LogP contribution < -0.4 is 15.8 Å². The zero-order valence-electron chi connectivity index (χ0n) is 30.2. The number of carbonyl (C=O) groups is 4. The highest BCUT2D eigenvalue weighted by Gasteiger charge is 2.30. The van der Waals surface area contributed by atoms with Crippen molar-refractivity contribution in [2.75, 3.05) is 45.1 Å². The lowest BCUT2D eigenvalue weighted by Crippen LogP contribution is -2.47. The normalized spacial score (nSPS) is 13.8. The highest BCUT2D eigenvalue weighted by molar-refractivity contribution is 7.53.